The number of benzene rings is 1. The van der Waals surface area contributed by atoms with E-state index in [-0.39, 0.29) is 0 Å². The molecule has 27 heavy (non-hydrogen) atoms. The van der Waals surface area contributed by atoms with Crippen molar-refractivity contribution in [2.45, 2.75) is 32.4 Å². The second-order valence-electron chi connectivity index (χ2n) is 6.77. The zero-order valence-corrected chi connectivity index (χ0v) is 15.6. The summed E-state index contributed by atoms with van der Waals surface area (Å²) in [6.07, 6.45) is 7.42. The lowest BCUT2D eigenvalue weighted by molar-refractivity contribution is -0.125. The summed E-state index contributed by atoms with van der Waals surface area (Å²) in [5.41, 5.74) is 9.94. The first-order valence-electron chi connectivity index (χ1n) is 8.92. The van der Waals surface area contributed by atoms with Gasteiger partial charge in [0.1, 0.15) is 5.54 Å². The van der Waals surface area contributed by atoms with E-state index in [4.69, 9.17) is 5.73 Å². The third kappa shape index (κ3) is 4.04. The van der Waals surface area contributed by atoms with Gasteiger partial charge in [-0.25, -0.2) is 0 Å². The van der Waals surface area contributed by atoms with Crippen molar-refractivity contribution in [3.8, 4) is 0 Å². The fourth-order valence-corrected chi connectivity index (χ4v) is 3.34. The molecule has 0 bridgehead atoms. The molecule has 0 spiro atoms. The normalized spacial score (nSPS) is 13.1. The van der Waals surface area contributed by atoms with Crippen molar-refractivity contribution >= 4 is 5.91 Å². The number of pyridine rings is 2. The van der Waals surface area contributed by atoms with Gasteiger partial charge < -0.3 is 5.73 Å². The van der Waals surface area contributed by atoms with Crippen LogP contribution in [0.2, 0.25) is 0 Å². The van der Waals surface area contributed by atoms with Crippen LogP contribution >= 0.6 is 0 Å². The maximum atomic E-state index is 12.8. The molecule has 1 atom stereocenters. The van der Waals surface area contributed by atoms with E-state index in [1.807, 2.05) is 56.3 Å². The van der Waals surface area contributed by atoms with Crippen LogP contribution in [0.4, 0.5) is 0 Å². The highest BCUT2D eigenvalue weighted by atomic mass is 16.1. The lowest BCUT2D eigenvalue weighted by atomic mass is 9.80. The Balaban J connectivity index is 2.07. The Morgan fingerprint density at radius 3 is 2.26 bits per heavy atom. The molecule has 3 aromatic rings. The fraction of sp³-hybridized carbons (Fsp3) is 0.227. The Labute approximate surface area is 159 Å². The molecule has 5 heteroatoms. The van der Waals surface area contributed by atoms with Crippen LogP contribution in [0.5, 0.6) is 0 Å². The molecule has 0 aliphatic heterocycles. The van der Waals surface area contributed by atoms with Crippen LogP contribution in [0.25, 0.3) is 0 Å². The van der Waals surface area contributed by atoms with E-state index in [2.05, 4.69) is 15.3 Å². The first-order valence-corrected chi connectivity index (χ1v) is 8.92. The van der Waals surface area contributed by atoms with Gasteiger partial charge in [0.05, 0.1) is 0 Å². The maximum absolute atomic E-state index is 12.8. The summed E-state index contributed by atoms with van der Waals surface area (Å²) < 4.78 is 0. The van der Waals surface area contributed by atoms with Crippen molar-refractivity contribution in [1.82, 2.24) is 15.3 Å². The molecule has 1 amide bonds. The second-order valence-corrected chi connectivity index (χ2v) is 6.77. The second kappa shape index (κ2) is 8.10. The molecule has 3 rings (SSSR count). The summed E-state index contributed by atoms with van der Waals surface area (Å²) in [5.74, 6) is -0.413. The first-order chi connectivity index (χ1) is 13.0. The van der Waals surface area contributed by atoms with Gasteiger partial charge in [-0.2, -0.15) is 0 Å². The van der Waals surface area contributed by atoms with Gasteiger partial charge in [0.25, 0.3) is 0 Å². The number of hydrogen-bond donors (Lipinski definition) is 2. The fourth-order valence-electron chi connectivity index (χ4n) is 3.34. The average Bonchev–Trinajstić information content (AvgIpc) is 2.69. The van der Waals surface area contributed by atoms with Crippen LogP contribution in [0.1, 0.15) is 27.8 Å². The van der Waals surface area contributed by atoms with Gasteiger partial charge in [-0.3, -0.25) is 20.1 Å². The molecule has 1 unspecified atom stereocenters. The maximum Gasteiger partial charge on any atom is 0.242 e. The van der Waals surface area contributed by atoms with Crippen molar-refractivity contribution in [2.75, 3.05) is 0 Å². The summed E-state index contributed by atoms with van der Waals surface area (Å²) in [6.45, 7) is 4.54. The van der Waals surface area contributed by atoms with Crippen molar-refractivity contribution < 1.29 is 4.79 Å². The predicted octanol–water partition coefficient (Wildman–Crippen LogP) is 2.81. The van der Waals surface area contributed by atoms with Crippen molar-refractivity contribution in [3.05, 3.63) is 95.1 Å². The Bertz CT molecular complexity index is 912. The van der Waals surface area contributed by atoms with Crippen LogP contribution in [0.15, 0.2) is 67.3 Å². The summed E-state index contributed by atoms with van der Waals surface area (Å²) in [5, 5.41) is 3.44. The van der Waals surface area contributed by atoms with Crippen LogP contribution < -0.4 is 11.1 Å². The zero-order valence-electron chi connectivity index (χ0n) is 15.6. The molecule has 3 N–H and O–H groups in total. The van der Waals surface area contributed by atoms with E-state index in [1.54, 1.807) is 24.8 Å². The number of rotatable bonds is 7. The molecule has 138 valence electrons. The third-order valence-electron chi connectivity index (χ3n) is 4.99. The molecule has 5 nitrogen and oxygen atoms in total. The molecule has 0 saturated heterocycles. The Morgan fingerprint density at radius 1 is 1.00 bits per heavy atom. The predicted molar refractivity (Wildman–Crippen MR) is 106 cm³/mol. The van der Waals surface area contributed by atoms with Crippen molar-refractivity contribution in [1.29, 1.82) is 0 Å². The van der Waals surface area contributed by atoms with Crippen LogP contribution in [0, 0.1) is 13.8 Å². The minimum Gasteiger partial charge on any atom is -0.368 e. The van der Waals surface area contributed by atoms with E-state index in [0.29, 0.717) is 13.0 Å². The number of carbonyl (C=O) groups excluding carboxylic acids is 1. The Hall–Kier alpha value is -3.05. The van der Waals surface area contributed by atoms with Crippen molar-refractivity contribution in [2.24, 2.45) is 5.73 Å². The minimum atomic E-state index is -1.05. The number of amides is 1. The molecular formula is C22H24N4O. The van der Waals surface area contributed by atoms with Crippen LogP contribution in [-0.4, -0.2) is 15.9 Å². The summed E-state index contributed by atoms with van der Waals surface area (Å²) in [6, 6.07) is 13.6. The molecule has 0 fully saturated rings. The zero-order chi connectivity index (χ0) is 19.3. The van der Waals surface area contributed by atoms with E-state index in [0.717, 1.165) is 27.8 Å². The SMILES string of the molecule is Cc1cccc(C(Cc2cccnc2)(NCc2cccnc2)C(N)=O)c1C. The highest BCUT2D eigenvalue weighted by molar-refractivity contribution is 5.87. The van der Waals surface area contributed by atoms with Crippen LogP contribution in [0.3, 0.4) is 0 Å². The summed E-state index contributed by atoms with van der Waals surface area (Å²) >= 11 is 0. The third-order valence-corrected chi connectivity index (χ3v) is 4.99. The average molecular weight is 360 g/mol. The lowest BCUT2D eigenvalue weighted by Gasteiger charge is -2.34. The van der Waals surface area contributed by atoms with Gasteiger partial charge in [0, 0.05) is 37.8 Å². The number of primary amides is 1. The number of nitrogens with zero attached hydrogens (tertiary/aromatic N) is 2. The summed E-state index contributed by atoms with van der Waals surface area (Å²) in [4.78, 5) is 21.2. The largest absolute Gasteiger partial charge is 0.368 e. The van der Waals surface area contributed by atoms with E-state index >= 15 is 0 Å². The molecule has 1 aromatic carbocycles. The number of carbonyl (C=O) groups is 1. The topological polar surface area (TPSA) is 80.9 Å². The molecular weight excluding hydrogens is 336 g/mol. The van der Waals surface area contributed by atoms with E-state index in [9.17, 15) is 4.79 Å². The van der Waals surface area contributed by atoms with Gasteiger partial charge in [0.2, 0.25) is 5.91 Å². The molecule has 0 radical (unpaired) electrons. The van der Waals surface area contributed by atoms with E-state index in [1.165, 1.54) is 0 Å². The Morgan fingerprint density at radius 2 is 1.67 bits per heavy atom. The molecule has 2 aromatic heterocycles. The molecule has 0 aliphatic rings. The minimum absolute atomic E-state index is 0.413. The molecule has 0 saturated carbocycles. The summed E-state index contributed by atoms with van der Waals surface area (Å²) in [7, 11) is 0. The van der Waals surface area contributed by atoms with Gasteiger partial charge in [-0.15, -0.1) is 0 Å². The highest BCUT2D eigenvalue weighted by Gasteiger charge is 2.39. The quantitative estimate of drug-likeness (QED) is 0.679. The number of hydrogen-bond acceptors (Lipinski definition) is 4. The number of aromatic nitrogens is 2. The standard InChI is InChI=1S/C22H24N4O/c1-16-6-3-9-20(17(16)2)22(21(23)27,12-18-7-4-10-24-13-18)26-15-19-8-5-11-25-14-19/h3-11,13-14,26H,12,15H2,1-2H3,(H2,23,27). The highest BCUT2D eigenvalue weighted by Crippen LogP contribution is 2.30. The smallest absolute Gasteiger partial charge is 0.242 e. The first kappa shape index (κ1) is 18.7. The number of aryl methyl sites for hydroxylation is 1. The van der Waals surface area contributed by atoms with Crippen molar-refractivity contribution in [3.63, 3.8) is 0 Å². The van der Waals surface area contributed by atoms with Gasteiger partial charge in [0.15, 0.2) is 0 Å². The lowest BCUT2D eigenvalue weighted by Crippen LogP contribution is -2.54. The number of nitrogens with two attached hydrogens (primary N) is 1. The monoisotopic (exact) mass is 360 g/mol. The van der Waals surface area contributed by atoms with Gasteiger partial charge in [-0.05, 0) is 53.8 Å². The van der Waals surface area contributed by atoms with E-state index < -0.39 is 11.4 Å². The van der Waals surface area contributed by atoms with Crippen LogP contribution in [-0.2, 0) is 23.3 Å². The van der Waals surface area contributed by atoms with Gasteiger partial charge in [-0.1, -0.05) is 30.3 Å². The number of nitrogens with one attached hydrogen (secondary N) is 1. The molecule has 2 heterocycles. The van der Waals surface area contributed by atoms with Gasteiger partial charge >= 0.3 is 0 Å². The Kier molecular flexibility index (Phi) is 5.62. The molecule has 0 aliphatic carbocycles.